The van der Waals surface area contributed by atoms with Gasteiger partial charge in [-0.05, 0) is 26.0 Å². The molecule has 1 heterocycles. The third kappa shape index (κ3) is 3.26. The molecule has 1 aromatic carbocycles. The zero-order valence-electron chi connectivity index (χ0n) is 11.9. The van der Waals surface area contributed by atoms with Crippen molar-refractivity contribution >= 4 is 5.97 Å². The molecule has 1 aromatic heterocycles. The fraction of sp³-hybridized carbons (Fsp3) is 0.357. The van der Waals surface area contributed by atoms with E-state index in [2.05, 4.69) is 10.3 Å². The number of halogens is 3. The maximum Gasteiger partial charge on any atom is 0.418 e. The number of rotatable bonds is 4. The molecule has 0 aliphatic heterocycles. The Hall–Kier alpha value is -2.38. The minimum absolute atomic E-state index is 0.0660. The van der Waals surface area contributed by atoms with Gasteiger partial charge in [-0.1, -0.05) is 17.3 Å². The summed E-state index contributed by atoms with van der Waals surface area (Å²) in [6.07, 6.45) is -3.13. The number of carbonyl (C=O) groups is 1. The molecule has 0 aliphatic carbocycles. The van der Waals surface area contributed by atoms with E-state index in [1.807, 2.05) is 0 Å². The Morgan fingerprint density at radius 2 is 1.91 bits per heavy atom. The molecule has 0 aliphatic rings. The summed E-state index contributed by atoms with van der Waals surface area (Å²) in [4.78, 5) is 11.1. The van der Waals surface area contributed by atoms with E-state index in [-0.39, 0.29) is 12.1 Å². The maximum absolute atomic E-state index is 13.0. The molecule has 0 unspecified atom stereocenters. The molecule has 0 amide bonds. The lowest BCUT2D eigenvalue weighted by molar-refractivity contribution is -0.146. The van der Waals surface area contributed by atoms with E-state index in [9.17, 15) is 18.0 Å². The van der Waals surface area contributed by atoms with E-state index in [1.165, 1.54) is 38.2 Å². The van der Waals surface area contributed by atoms with Crippen molar-refractivity contribution in [1.82, 2.24) is 15.0 Å². The summed E-state index contributed by atoms with van der Waals surface area (Å²) in [7, 11) is 0. The molecule has 0 spiro atoms. The Balaban J connectivity index is 2.36. The van der Waals surface area contributed by atoms with Crippen LogP contribution in [0, 0.1) is 5.41 Å². The Bertz CT molecular complexity index is 693. The first-order valence-corrected chi connectivity index (χ1v) is 6.42. The predicted molar refractivity (Wildman–Crippen MR) is 71.5 cm³/mol. The van der Waals surface area contributed by atoms with Gasteiger partial charge >= 0.3 is 12.1 Å². The predicted octanol–water partition coefficient (Wildman–Crippen LogP) is 2.94. The van der Waals surface area contributed by atoms with Gasteiger partial charge < -0.3 is 5.11 Å². The van der Waals surface area contributed by atoms with Crippen molar-refractivity contribution in [3.63, 3.8) is 0 Å². The summed E-state index contributed by atoms with van der Waals surface area (Å²) < 4.78 is 39.9. The molecule has 0 atom stereocenters. The first-order valence-electron chi connectivity index (χ1n) is 6.42. The first kappa shape index (κ1) is 16.0. The van der Waals surface area contributed by atoms with Crippen LogP contribution in [-0.4, -0.2) is 26.1 Å². The normalized spacial score (nSPS) is 12.4. The van der Waals surface area contributed by atoms with Gasteiger partial charge in [0.1, 0.15) is 0 Å². The lowest BCUT2D eigenvalue weighted by atomic mass is 9.88. The van der Waals surface area contributed by atoms with Crippen molar-refractivity contribution in [1.29, 1.82) is 0 Å². The summed E-state index contributed by atoms with van der Waals surface area (Å²) >= 11 is 0. The number of aromatic nitrogens is 3. The monoisotopic (exact) mass is 313 g/mol. The maximum atomic E-state index is 13.0. The second-order valence-electron chi connectivity index (χ2n) is 5.54. The highest BCUT2D eigenvalue weighted by atomic mass is 19.4. The minimum Gasteiger partial charge on any atom is -0.481 e. The van der Waals surface area contributed by atoms with Gasteiger partial charge in [-0.2, -0.15) is 13.2 Å². The number of nitrogens with zero attached hydrogens (tertiary/aromatic N) is 3. The van der Waals surface area contributed by atoms with Gasteiger partial charge in [0.2, 0.25) is 0 Å². The quantitative estimate of drug-likeness (QED) is 0.942. The highest BCUT2D eigenvalue weighted by Gasteiger charge is 2.34. The van der Waals surface area contributed by atoms with Gasteiger partial charge in [-0.3, -0.25) is 4.79 Å². The molecular weight excluding hydrogens is 299 g/mol. The van der Waals surface area contributed by atoms with Crippen molar-refractivity contribution in [3.8, 4) is 5.69 Å². The summed E-state index contributed by atoms with van der Waals surface area (Å²) in [5.41, 5.74) is -1.75. The van der Waals surface area contributed by atoms with E-state index in [0.29, 0.717) is 5.69 Å². The van der Waals surface area contributed by atoms with Crippen LogP contribution >= 0.6 is 0 Å². The van der Waals surface area contributed by atoms with E-state index >= 15 is 0 Å². The number of alkyl halides is 3. The van der Waals surface area contributed by atoms with Gasteiger partial charge in [0.15, 0.2) is 0 Å². The van der Waals surface area contributed by atoms with E-state index in [4.69, 9.17) is 5.11 Å². The topological polar surface area (TPSA) is 68.0 Å². The highest BCUT2D eigenvalue weighted by Crippen LogP contribution is 2.33. The number of carboxylic acid groups (broad SMARTS) is 1. The molecule has 2 rings (SSSR count). The van der Waals surface area contributed by atoms with Gasteiger partial charge in [-0.15, -0.1) is 5.10 Å². The van der Waals surface area contributed by atoms with Gasteiger partial charge in [-0.25, -0.2) is 4.68 Å². The Labute approximate surface area is 124 Å². The van der Waals surface area contributed by atoms with Crippen molar-refractivity contribution in [3.05, 3.63) is 41.7 Å². The van der Waals surface area contributed by atoms with Crippen LogP contribution in [0.4, 0.5) is 13.2 Å². The molecule has 0 bridgehead atoms. The number of carboxylic acids is 1. The van der Waals surface area contributed by atoms with Crippen LogP contribution in [0.5, 0.6) is 0 Å². The molecule has 0 saturated carbocycles. The number of para-hydroxylation sites is 1. The summed E-state index contributed by atoms with van der Waals surface area (Å²) in [6.45, 7) is 3.02. The van der Waals surface area contributed by atoms with Crippen LogP contribution in [0.3, 0.4) is 0 Å². The van der Waals surface area contributed by atoms with Crippen LogP contribution < -0.4 is 0 Å². The van der Waals surface area contributed by atoms with Crippen molar-refractivity contribution in [2.75, 3.05) is 0 Å². The van der Waals surface area contributed by atoms with Crippen LogP contribution in [0.2, 0.25) is 0 Å². The second-order valence-corrected chi connectivity index (χ2v) is 5.54. The lowest BCUT2D eigenvalue weighted by Crippen LogP contribution is -2.26. The number of hydrogen-bond donors (Lipinski definition) is 1. The second kappa shape index (κ2) is 5.43. The van der Waals surface area contributed by atoms with Crippen molar-refractivity contribution in [2.24, 2.45) is 5.41 Å². The van der Waals surface area contributed by atoms with E-state index in [1.54, 1.807) is 0 Å². The zero-order chi connectivity index (χ0) is 16.5. The average Bonchev–Trinajstić information content (AvgIpc) is 2.85. The number of aliphatic carboxylic acids is 1. The third-order valence-corrected chi connectivity index (χ3v) is 3.20. The highest BCUT2D eigenvalue weighted by molar-refractivity contribution is 5.73. The van der Waals surface area contributed by atoms with Crippen LogP contribution in [0.15, 0.2) is 30.5 Å². The number of hydrogen-bond acceptors (Lipinski definition) is 3. The molecule has 0 fully saturated rings. The standard InChI is InChI=1S/C14H14F3N3O2/c1-13(2,12(21)22)7-9-8-20(19-18-9)11-6-4-3-5-10(11)14(15,16)17/h3-6,8H,7H2,1-2H3,(H,21,22). The van der Waals surface area contributed by atoms with Crippen molar-refractivity contribution in [2.45, 2.75) is 26.4 Å². The molecule has 5 nitrogen and oxygen atoms in total. The Kier molecular flexibility index (Phi) is 3.95. The van der Waals surface area contributed by atoms with Gasteiger partial charge in [0.05, 0.1) is 28.6 Å². The first-order chi connectivity index (χ1) is 10.1. The number of benzene rings is 1. The Morgan fingerprint density at radius 1 is 1.27 bits per heavy atom. The summed E-state index contributed by atoms with van der Waals surface area (Å²) in [6, 6.07) is 4.99. The summed E-state index contributed by atoms with van der Waals surface area (Å²) in [5.74, 6) is -1.02. The fourth-order valence-corrected chi connectivity index (χ4v) is 1.94. The molecule has 1 N–H and O–H groups in total. The molecule has 2 aromatic rings. The molecule has 118 valence electrons. The van der Waals surface area contributed by atoms with Crippen LogP contribution in [0.25, 0.3) is 5.69 Å². The molecule has 0 radical (unpaired) electrons. The van der Waals surface area contributed by atoms with Gasteiger partial charge in [0.25, 0.3) is 0 Å². The zero-order valence-corrected chi connectivity index (χ0v) is 11.9. The smallest absolute Gasteiger partial charge is 0.418 e. The van der Waals surface area contributed by atoms with Crippen LogP contribution in [0.1, 0.15) is 25.1 Å². The SMILES string of the molecule is CC(C)(Cc1cn(-c2ccccc2C(F)(F)F)nn1)C(=O)O. The molecule has 8 heteroatoms. The Morgan fingerprint density at radius 3 is 2.50 bits per heavy atom. The third-order valence-electron chi connectivity index (χ3n) is 3.20. The van der Waals surface area contributed by atoms with E-state index < -0.39 is 23.1 Å². The van der Waals surface area contributed by atoms with E-state index in [0.717, 1.165) is 10.7 Å². The van der Waals surface area contributed by atoms with Crippen molar-refractivity contribution < 1.29 is 23.1 Å². The fourth-order valence-electron chi connectivity index (χ4n) is 1.94. The van der Waals surface area contributed by atoms with Crippen LogP contribution in [-0.2, 0) is 17.4 Å². The molecular formula is C14H14F3N3O2. The molecule has 22 heavy (non-hydrogen) atoms. The summed E-state index contributed by atoms with van der Waals surface area (Å²) in [5, 5.41) is 16.5. The average molecular weight is 313 g/mol. The molecule has 0 saturated heterocycles. The lowest BCUT2D eigenvalue weighted by Gasteiger charge is -2.16. The minimum atomic E-state index is -4.51. The van der Waals surface area contributed by atoms with Gasteiger partial charge in [0, 0.05) is 6.42 Å². The largest absolute Gasteiger partial charge is 0.481 e.